The van der Waals surface area contributed by atoms with Crippen molar-refractivity contribution in [3.63, 3.8) is 0 Å². The van der Waals surface area contributed by atoms with Gasteiger partial charge < -0.3 is 15.2 Å². The monoisotopic (exact) mass is 287 g/mol. The highest BCUT2D eigenvalue weighted by atomic mass is 16.2. The fourth-order valence-electron chi connectivity index (χ4n) is 2.20. The molecule has 0 aliphatic carbocycles. The van der Waals surface area contributed by atoms with E-state index in [-0.39, 0.29) is 11.4 Å². The van der Waals surface area contributed by atoms with E-state index in [1.807, 2.05) is 25.4 Å². The predicted molar refractivity (Wildman–Crippen MR) is 87.5 cm³/mol. The van der Waals surface area contributed by atoms with Crippen molar-refractivity contribution in [1.82, 2.24) is 15.2 Å². The summed E-state index contributed by atoms with van der Waals surface area (Å²) in [5.41, 5.74) is 2.50. The van der Waals surface area contributed by atoms with Crippen LogP contribution in [0.2, 0.25) is 0 Å². The molecule has 114 valence electrons. The Kier molecular flexibility index (Phi) is 4.56. The van der Waals surface area contributed by atoms with Crippen molar-refractivity contribution in [2.24, 2.45) is 5.41 Å². The molecule has 0 fully saturated rings. The molecule has 0 spiro atoms. The number of aromatic nitrogens is 1. The summed E-state index contributed by atoms with van der Waals surface area (Å²) in [7, 11) is 1.84. The second kappa shape index (κ2) is 6.20. The summed E-state index contributed by atoms with van der Waals surface area (Å²) in [5, 5.41) is 4.21. The Labute approximate surface area is 126 Å². The minimum absolute atomic E-state index is 0.00948. The van der Waals surface area contributed by atoms with Gasteiger partial charge in [0.15, 0.2) is 0 Å². The van der Waals surface area contributed by atoms with Crippen molar-refractivity contribution < 1.29 is 4.79 Å². The smallest absolute Gasteiger partial charge is 0.317 e. The van der Waals surface area contributed by atoms with Crippen molar-refractivity contribution >= 4 is 16.9 Å². The van der Waals surface area contributed by atoms with Gasteiger partial charge in [0.1, 0.15) is 0 Å². The van der Waals surface area contributed by atoms with E-state index in [2.05, 4.69) is 43.2 Å². The van der Waals surface area contributed by atoms with Crippen molar-refractivity contribution in [2.45, 2.75) is 27.2 Å². The normalized spacial score (nSPS) is 11.6. The number of nitrogens with zero attached hydrogens (tertiary/aromatic N) is 1. The third kappa shape index (κ3) is 4.25. The van der Waals surface area contributed by atoms with Gasteiger partial charge >= 0.3 is 6.03 Å². The summed E-state index contributed by atoms with van der Waals surface area (Å²) in [6.07, 6.45) is 2.88. The summed E-state index contributed by atoms with van der Waals surface area (Å²) >= 11 is 0. The maximum absolute atomic E-state index is 12.0. The SMILES string of the molecule is CN(CCc1c[nH]c2ccccc12)C(=O)NCC(C)(C)C. The number of para-hydroxylation sites is 1. The fraction of sp³-hybridized carbons (Fsp3) is 0.471. The van der Waals surface area contributed by atoms with E-state index in [0.29, 0.717) is 13.1 Å². The van der Waals surface area contributed by atoms with Gasteiger partial charge in [0.25, 0.3) is 0 Å². The molecule has 0 saturated heterocycles. The molecule has 4 heteroatoms. The molecule has 0 unspecified atom stereocenters. The summed E-state index contributed by atoms with van der Waals surface area (Å²) in [6, 6.07) is 8.23. The predicted octanol–water partition coefficient (Wildman–Crippen LogP) is 3.40. The Morgan fingerprint density at radius 2 is 2.00 bits per heavy atom. The molecule has 1 aromatic heterocycles. The van der Waals surface area contributed by atoms with E-state index in [4.69, 9.17) is 0 Å². The molecule has 0 aliphatic rings. The summed E-state index contributed by atoms with van der Waals surface area (Å²) in [6.45, 7) is 7.72. The van der Waals surface area contributed by atoms with Crippen LogP contribution in [0.25, 0.3) is 10.9 Å². The number of fused-ring (bicyclic) bond motifs is 1. The molecule has 4 nitrogen and oxygen atoms in total. The average Bonchev–Trinajstić information content (AvgIpc) is 2.84. The lowest BCUT2D eigenvalue weighted by Crippen LogP contribution is -2.41. The van der Waals surface area contributed by atoms with E-state index < -0.39 is 0 Å². The zero-order valence-corrected chi connectivity index (χ0v) is 13.4. The second-order valence-corrected chi connectivity index (χ2v) is 6.75. The molecule has 2 amide bonds. The molecule has 0 saturated carbocycles. The summed E-state index contributed by atoms with van der Waals surface area (Å²) in [4.78, 5) is 17.0. The highest BCUT2D eigenvalue weighted by Gasteiger charge is 2.14. The number of benzene rings is 1. The lowest BCUT2D eigenvalue weighted by atomic mass is 9.97. The van der Waals surface area contributed by atoms with Crippen LogP contribution in [-0.4, -0.2) is 36.1 Å². The summed E-state index contributed by atoms with van der Waals surface area (Å²) < 4.78 is 0. The lowest BCUT2D eigenvalue weighted by Gasteiger charge is -2.23. The first-order chi connectivity index (χ1) is 9.87. The number of H-pyrrole nitrogens is 1. The zero-order valence-electron chi connectivity index (χ0n) is 13.4. The summed E-state index contributed by atoms with van der Waals surface area (Å²) in [5.74, 6) is 0. The molecule has 0 radical (unpaired) electrons. The van der Waals surface area contributed by atoms with Gasteiger partial charge in [0.05, 0.1) is 0 Å². The average molecular weight is 287 g/mol. The zero-order chi connectivity index (χ0) is 15.5. The van der Waals surface area contributed by atoms with Gasteiger partial charge in [-0.3, -0.25) is 0 Å². The topological polar surface area (TPSA) is 48.1 Å². The van der Waals surface area contributed by atoms with Gasteiger partial charge in [-0.2, -0.15) is 0 Å². The van der Waals surface area contributed by atoms with Crippen LogP contribution >= 0.6 is 0 Å². The molecule has 1 aromatic carbocycles. The van der Waals surface area contributed by atoms with Crippen LogP contribution in [0.3, 0.4) is 0 Å². The number of amides is 2. The van der Waals surface area contributed by atoms with Gasteiger partial charge in [-0.25, -0.2) is 4.79 Å². The van der Waals surface area contributed by atoms with E-state index in [1.165, 1.54) is 10.9 Å². The first-order valence-corrected chi connectivity index (χ1v) is 7.41. The number of nitrogens with one attached hydrogen (secondary N) is 2. The molecule has 1 heterocycles. The van der Waals surface area contributed by atoms with E-state index in [9.17, 15) is 4.79 Å². The molecule has 2 aromatic rings. The van der Waals surface area contributed by atoms with Crippen LogP contribution < -0.4 is 5.32 Å². The molecule has 21 heavy (non-hydrogen) atoms. The minimum Gasteiger partial charge on any atom is -0.361 e. The van der Waals surface area contributed by atoms with E-state index in [1.54, 1.807) is 4.90 Å². The number of carbonyl (C=O) groups is 1. The molecule has 0 bridgehead atoms. The standard InChI is InChI=1S/C17H25N3O/c1-17(2,3)12-19-16(21)20(4)10-9-13-11-18-15-8-6-5-7-14(13)15/h5-8,11,18H,9-10,12H2,1-4H3,(H,19,21). The molecule has 2 rings (SSSR count). The number of likely N-dealkylation sites (N-methyl/N-ethyl adjacent to an activating group) is 1. The number of rotatable bonds is 4. The molecule has 2 N–H and O–H groups in total. The Morgan fingerprint density at radius 1 is 1.29 bits per heavy atom. The quantitative estimate of drug-likeness (QED) is 0.889. The third-order valence-electron chi connectivity index (χ3n) is 3.51. The van der Waals surface area contributed by atoms with Crippen molar-refractivity contribution in [1.29, 1.82) is 0 Å². The number of hydrogen-bond donors (Lipinski definition) is 2. The highest BCUT2D eigenvalue weighted by molar-refractivity contribution is 5.83. The van der Waals surface area contributed by atoms with Gasteiger partial charge in [0.2, 0.25) is 0 Å². The van der Waals surface area contributed by atoms with E-state index >= 15 is 0 Å². The third-order valence-corrected chi connectivity index (χ3v) is 3.51. The van der Waals surface area contributed by atoms with Crippen molar-refractivity contribution in [2.75, 3.05) is 20.1 Å². The first kappa shape index (κ1) is 15.4. The Morgan fingerprint density at radius 3 is 2.71 bits per heavy atom. The van der Waals surface area contributed by atoms with Gasteiger partial charge in [-0.05, 0) is 23.5 Å². The Hall–Kier alpha value is -1.97. The minimum atomic E-state index is -0.00948. The van der Waals surface area contributed by atoms with Crippen LogP contribution in [-0.2, 0) is 6.42 Å². The van der Waals surface area contributed by atoms with Gasteiger partial charge in [0, 0.05) is 37.2 Å². The molecule has 0 atom stereocenters. The maximum Gasteiger partial charge on any atom is 0.317 e. The van der Waals surface area contributed by atoms with Gasteiger partial charge in [-0.15, -0.1) is 0 Å². The van der Waals surface area contributed by atoms with Crippen LogP contribution in [0.1, 0.15) is 26.3 Å². The number of hydrogen-bond acceptors (Lipinski definition) is 1. The van der Waals surface area contributed by atoms with Crippen molar-refractivity contribution in [3.05, 3.63) is 36.0 Å². The van der Waals surface area contributed by atoms with Crippen LogP contribution in [0.4, 0.5) is 4.79 Å². The van der Waals surface area contributed by atoms with Crippen LogP contribution in [0.5, 0.6) is 0 Å². The number of urea groups is 1. The van der Waals surface area contributed by atoms with Crippen LogP contribution in [0.15, 0.2) is 30.5 Å². The second-order valence-electron chi connectivity index (χ2n) is 6.75. The molecular formula is C17H25N3O. The van der Waals surface area contributed by atoms with Crippen LogP contribution in [0, 0.1) is 5.41 Å². The Balaban J connectivity index is 1.89. The maximum atomic E-state index is 12.0. The fourth-order valence-corrected chi connectivity index (χ4v) is 2.20. The van der Waals surface area contributed by atoms with Crippen molar-refractivity contribution in [3.8, 4) is 0 Å². The van der Waals surface area contributed by atoms with Gasteiger partial charge in [-0.1, -0.05) is 39.0 Å². The highest BCUT2D eigenvalue weighted by Crippen LogP contribution is 2.18. The number of carbonyl (C=O) groups excluding carboxylic acids is 1. The largest absolute Gasteiger partial charge is 0.361 e. The lowest BCUT2D eigenvalue weighted by molar-refractivity contribution is 0.204. The number of aromatic amines is 1. The molecular weight excluding hydrogens is 262 g/mol. The Bertz CT molecular complexity index is 610. The molecule has 0 aliphatic heterocycles. The first-order valence-electron chi connectivity index (χ1n) is 7.41. The van der Waals surface area contributed by atoms with E-state index in [0.717, 1.165) is 11.9 Å².